The number of hydrogen-bond donors (Lipinski definition) is 0. The molecule has 1 aromatic carbocycles. The highest BCUT2D eigenvalue weighted by Crippen LogP contribution is 2.47. The van der Waals surface area contributed by atoms with Gasteiger partial charge in [0.15, 0.2) is 0 Å². The highest BCUT2D eigenvalue weighted by Gasteiger charge is 2.21. The molecule has 0 saturated carbocycles. The molecule has 0 atom stereocenters. The first-order valence-corrected chi connectivity index (χ1v) is 9.31. The van der Waals surface area contributed by atoms with Crippen LogP contribution in [0.4, 0.5) is 5.69 Å². The Morgan fingerprint density at radius 2 is 1.77 bits per heavy atom. The lowest BCUT2D eigenvalue weighted by molar-refractivity contribution is 1.02. The second-order valence-corrected chi connectivity index (χ2v) is 9.46. The molecule has 0 spiro atoms. The summed E-state index contributed by atoms with van der Waals surface area (Å²) in [5.41, 5.74) is 4.60. The SMILES string of the molecule is Cc1ccc(N=Cc2ccccn2)c(P(C(C)C)C(C)C)c1. The number of pyridine rings is 1. The molecular weight excluding hydrogens is 287 g/mol. The molecule has 2 nitrogen and oxygen atoms in total. The van der Waals surface area contributed by atoms with E-state index in [0.29, 0.717) is 11.3 Å². The fraction of sp³-hybridized carbons (Fsp3) is 0.368. The van der Waals surface area contributed by atoms with Crippen LogP contribution >= 0.6 is 7.92 Å². The van der Waals surface area contributed by atoms with Gasteiger partial charge >= 0.3 is 0 Å². The Balaban J connectivity index is 2.41. The molecule has 2 aromatic rings. The highest BCUT2D eigenvalue weighted by atomic mass is 31.1. The van der Waals surface area contributed by atoms with Gasteiger partial charge < -0.3 is 0 Å². The molecule has 2 rings (SSSR count). The molecule has 22 heavy (non-hydrogen) atoms. The van der Waals surface area contributed by atoms with Crippen molar-refractivity contribution in [1.29, 1.82) is 0 Å². The van der Waals surface area contributed by atoms with Gasteiger partial charge in [0, 0.05) is 11.5 Å². The molecule has 1 heterocycles. The predicted molar refractivity (Wildman–Crippen MR) is 99.5 cm³/mol. The number of benzene rings is 1. The molecule has 0 N–H and O–H groups in total. The number of rotatable bonds is 5. The van der Waals surface area contributed by atoms with Crippen LogP contribution < -0.4 is 5.30 Å². The average molecular weight is 312 g/mol. The lowest BCUT2D eigenvalue weighted by Gasteiger charge is -2.27. The van der Waals surface area contributed by atoms with E-state index in [2.05, 4.69) is 57.8 Å². The molecule has 0 radical (unpaired) electrons. The minimum atomic E-state index is -0.225. The first-order valence-electron chi connectivity index (χ1n) is 7.83. The minimum absolute atomic E-state index is 0.225. The van der Waals surface area contributed by atoms with Crippen molar-refractivity contribution in [2.75, 3.05) is 0 Å². The van der Waals surface area contributed by atoms with Gasteiger partial charge in [0.05, 0.1) is 17.6 Å². The van der Waals surface area contributed by atoms with Crippen molar-refractivity contribution in [3.63, 3.8) is 0 Å². The number of hydrogen-bond acceptors (Lipinski definition) is 2. The Bertz CT molecular complexity index is 625. The predicted octanol–water partition coefficient (Wildman–Crippen LogP) is 5.06. The van der Waals surface area contributed by atoms with Gasteiger partial charge in [0.1, 0.15) is 0 Å². The van der Waals surface area contributed by atoms with E-state index in [9.17, 15) is 0 Å². The second kappa shape index (κ2) is 7.65. The van der Waals surface area contributed by atoms with Crippen molar-refractivity contribution in [2.24, 2.45) is 4.99 Å². The zero-order chi connectivity index (χ0) is 16.1. The molecule has 1 aromatic heterocycles. The third kappa shape index (κ3) is 4.24. The van der Waals surface area contributed by atoms with Crippen molar-refractivity contribution in [1.82, 2.24) is 4.98 Å². The number of nitrogens with zero attached hydrogens (tertiary/aromatic N) is 2. The number of aromatic nitrogens is 1. The van der Waals surface area contributed by atoms with E-state index in [1.165, 1.54) is 10.9 Å². The Kier molecular flexibility index (Phi) is 5.85. The summed E-state index contributed by atoms with van der Waals surface area (Å²) in [5.74, 6) is 0. The van der Waals surface area contributed by atoms with Crippen LogP contribution in [0.25, 0.3) is 0 Å². The third-order valence-electron chi connectivity index (χ3n) is 3.55. The topological polar surface area (TPSA) is 25.2 Å². The van der Waals surface area contributed by atoms with Crippen LogP contribution in [0, 0.1) is 6.92 Å². The van der Waals surface area contributed by atoms with E-state index in [1.807, 2.05) is 24.4 Å². The fourth-order valence-electron chi connectivity index (χ4n) is 2.69. The quantitative estimate of drug-likeness (QED) is 0.559. The van der Waals surface area contributed by atoms with Crippen LogP contribution in [-0.2, 0) is 0 Å². The van der Waals surface area contributed by atoms with E-state index >= 15 is 0 Å². The maximum Gasteiger partial charge on any atom is 0.0812 e. The Hall–Kier alpha value is -1.53. The zero-order valence-corrected chi connectivity index (χ0v) is 15.0. The van der Waals surface area contributed by atoms with Crippen LogP contribution in [0.15, 0.2) is 47.6 Å². The van der Waals surface area contributed by atoms with Crippen LogP contribution in [0.1, 0.15) is 39.0 Å². The molecule has 0 bridgehead atoms. The molecule has 0 fully saturated rings. The van der Waals surface area contributed by atoms with Gasteiger partial charge in [0.2, 0.25) is 0 Å². The van der Waals surface area contributed by atoms with E-state index in [1.54, 1.807) is 6.20 Å². The summed E-state index contributed by atoms with van der Waals surface area (Å²) in [5, 5.41) is 1.41. The summed E-state index contributed by atoms with van der Waals surface area (Å²) in [6, 6.07) is 12.5. The number of aryl methyl sites for hydroxylation is 1. The maximum absolute atomic E-state index is 4.73. The fourth-order valence-corrected chi connectivity index (χ4v) is 5.74. The Morgan fingerprint density at radius 3 is 2.36 bits per heavy atom. The summed E-state index contributed by atoms with van der Waals surface area (Å²) in [7, 11) is -0.225. The molecule has 0 saturated heterocycles. The van der Waals surface area contributed by atoms with Gasteiger partial charge in [-0.2, -0.15) is 0 Å². The molecule has 0 unspecified atom stereocenters. The molecule has 0 aliphatic carbocycles. The lowest BCUT2D eigenvalue weighted by Crippen LogP contribution is -2.16. The standard InChI is InChI=1S/C19H25N2P/c1-14(2)22(15(3)4)19-12-16(5)9-10-18(19)21-13-17-8-6-7-11-20-17/h6-15H,1-5H3. The maximum atomic E-state index is 4.73. The molecule has 0 amide bonds. The Morgan fingerprint density at radius 1 is 1.05 bits per heavy atom. The summed E-state index contributed by atoms with van der Waals surface area (Å²) in [6.07, 6.45) is 3.66. The van der Waals surface area contributed by atoms with Crippen LogP contribution in [-0.4, -0.2) is 22.5 Å². The first kappa shape index (κ1) is 16.8. The van der Waals surface area contributed by atoms with Crippen molar-refractivity contribution >= 4 is 25.1 Å². The normalized spacial score (nSPS) is 12.0. The molecular formula is C19H25N2P. The first-order chi connectivity index (χ1) is 10.5. The van der Waals surface area contributed by atoms with Gasteiger partial charge in [-0.3, -0.25) is 9.98 Å². The van der Waals surface area contributed by atoms with E-state index in [0.717, 1.165) is 11.4 Å². The molecule has 3 heteroatoms. The van der Waals surface area contributed by atoms with Gasteiger partial charge in [-0.05, 0) is 42.5 Å². The molecule has 0 aliphatic rings. The lowest BCUT2D eigenvalue weighted by atomic mass is 10.2. The molecule has 0 aliphatic heterocycles. The average Bonchev–Trinajstić information content (AvgIpc) is 2.47. The van der Waals surface area contributed by atoms with Gasteiger partial charge in [-0.15, -0.1) is 0 Å². The van der Waals surface area contributed by atoms with Crippen molar-refractivity contribution in [3.05, 3.63) is 53.9 Å². The van der Waals surface area contributed by atoms with Crippen LogP contribution in [0.5, 0.6) is 0 Å². The monoisotopic (exact) mass is 312 g/mol. The zero-order valence-electron chi connectivity index (χ0n) is 14.1. The Labute approximate surface area is 135 Å². The minimum Gasteiger partial charge on any atom is -0.255 e. The van der Waals surface area contributed by atoms with Gasteiger partial charge in [-0.1, -0.05) is 53.3 Å². The summed E-state index contributed by atoms with van der Waals surface area (Å²) < 4.78 is 0. The van der Waals surface area contributed by atoms with Crippen molar-refractivity contribution in [2.45, 2.75) is 45.9 Å². The summed E-state index contributed by atoms with van der Waals surface area (Å²) in [4.78, 5) is 9.04. The van der Waals surface area contributed by atoms with Crippen LogP contribution in [0.2, 0.25) is 0 Å². The highest BCUT2D eigenvalue weighted by molar-refractivity contribution is 7.67. The van der Waals surface area contributed by atoms with Crippen LogP contribution in [0.3, 0.4) is 0 Å². The van der Waals surface area contributed by atoms with Gasteiger partial charge in [-0.25, -0.2) is 0 Å². The smallest absolute Gasteiger partial charge is 0.0812 e. The van der Waals surface area contributed by atoms with Crippen molar-refractivity contribution in [3.8, 4) is 0 Å². The number of aliphatic imine (C=N–C) groups is 1. The summed E-state index contributed by atoms with van der Waals surface area (Å²) in [6.45, 7) is 11.4. The molecule has 116 valence electrons. The summed E-state index contributed by atoms with van der Waals surface area (Å²) >= 11 is 0. The second-order valence-electron chi connectivity index (χ2n) is 6.10. The van der Waals surface area contributed by atoms with E-state index in [4.69, 9.17) is 4.99 Å². The van der Waals surface area contributed by atoms with E-state index in [-0.39, 0.29) is 7.92 Å². The third-order valence-corrected chi connectivity index (χ3v) is 6.69. The van der Waals surface area contributed by atoms with Crippen molar-refractivity contribution < 1.29 is 0 Å². The van der Waals surface area contributed by atoms with E-state index < -0.39 is 0 Å². The largest absolute Gasteiger partial charge is 0.255 e. The van der Waals surface area contributed by atoms with Gasteiger partial charge in [0.25, 0.3) is 0 Å².